The average Bonchev–Trinajstić information content (AvgIpc) is 3.17. The lowest BCUT2D eigenvalue weighted by Crippen LogP contribution is -2.60. The third-order valence-electron chi connectivity index (χ3n) is 8.21. The highest BCUT2D eigenvalue weighted by atomic mass is 15.2. The van der Waals surface area contributed by atoms with E-state index < -0.39 is 0 Å². The molecule has 0 fully saturated rings. The van der Waals surface area contributed by atoms with E-state index in [9.17, 15) is 0 Å². The molecule has 6 aromatic rings. The maximum Gasteiger partial charge on any atom is 0.252 e. The fourth-order valence-electron chi connectivity index (χ4n) is 6.61. The number of nitrogens with zero attached hydrogens (tertiary/aromatic N) is 2. The van der Waals surface area contributed by atoms with Crippen molar-refractivity contribution in [2.24, 2.45) is 0 Å². The first-order valence-electron chi connectivity index (χ1n) is 12.3. The van der Waals surface area contributed by atoms with Crippen molar-refractivity contribution in [1.29, 1.82) is 0 Å². The third kappa shape index (κ3) is 2.31. The summed E-state index contributed by atoms with van der Waals surface area (Å²) in [6, 6.07) is 38.0. The minimum atomic E-state index is 0.216. The van der Waals surface area contributed by atoms with Gasteiger partial charge in [-0.05, 0) is 65.5 Å². The van der Waals surface area contributed by atoms with Gasteiger partial charge >= 0.3 is 0 Å². The second kappa shape index (κ2) is 6.67. The van der Waals surface area contributed by atoms with Gasteiger partial charge in [0.15, 0.2) is 0 Å². The second-order valence-corrected chi connectivity index (χ2v) is 9.82. The van der Waals surface area contributed by atoms with Gasteiger partial charge in [0.05, 0.1) is 5.69 Å². The predicted molar refractivity (Wildman–Crippen MR) is 150 cm³/mol. The second-order valence-electron chi connectivity index (χ2n) is 9.82. The van der Waals surface area contributed by atoms with Gasteiger partial charge < -0.3 is 9.47 Å². The first kappa shape index (κ1) is 19.1. The summed E-state index contributed by atoms with van der Waals surface area (Å²) < 4.78 is 2.50. The number of para-hydroxylation sites is 2. The molecule has 0 N–H and O–H groups in total. The molecule has 2 aliphatic heterocycles. The molecule has 0 bridgehead atoms. The Hall–Kier alpha value is -4.24. The topological polar surface area (TPSA) is 8.17 Å². The number of fused-ring (bicyclic) bond motifs is 5. The lowest BCUT2D eigenvalue weighted by molar-refractivity contribution is 1.04. The van der Waals surface area contributed by atoms with Gasteiger partial charge in [-0.3, -0.25) is 0 Å². The summed E-state index contributed by atoms with van der Waals surface area (Å²) in [7, 11) is 0. The molecule has 2 nitrogen and oxygen atoms in total. The average molecular weight is 446 g/mol. The van der Waals surface area contributed by atoms with Crippen LogP contribution in [0.3, 0.4) is 0 Å². The monoisotopic (exact) mass is 446 g/mol. The van der Waals surface area contributed by atoms with Crippen molar-refractivity contribution in [2.75, 3.05) is 4.90 Å². The molecule has 3 heterocycles. The van der Waals surface area contributed by atoms with Crippen molar-refractivity contribution in [3.63, 3.8) is 0 Å². The van der Waals surface area contributed by atoms with Crippen LogP contribution >= 0.6 is 0 Å². The Morgan fingerprint density at radius 1 is 0.543 bits per heavy atom. The van der Waals surface area contributed by atoms with Crippen molar-refractivity contribution in [1.82, 2.24) is 4.57 Å². The summed E-state index contributed by atoms with van der Waals surface area (Å²) in [5.41, 5.74) is 13.3. The Kier molecular flexibility index (Phi) is 3.64. The van der Waals surface area contributed by atoms with Gasteiger partial charge in [0.25, 0.3) is 6.71 Å². The normalized spacial score (nSPS) is 13.3. The Bertz CT molecular complexity index is 1840. The molecule has 0 atom stereocenters. The van der Waals surface area contributed by atoms with E-state index in [0.717, 1.165) is 0 Å². The van der Waals surface area contributed by atoms with Crippen molar-refractivity contribution in [2.45, 2.75) is 13.8 Å². The molecule has 35 heavy (non-hydrogen) atoms. The van der Waals surface area contributed by atoms with Gasteiger partial charge in [-0.2, -0.15) is 0 Å². The van der Waals surface area contributed by atoms with Crippen LogP contribution in [0, 0.1) is 13.8 Å². The summed E-state index contributed by atoms with van der Waals surface area (Å²) in [6.45, 7) is 4.74. The fourth-order valence-corrected chi connectivity index (χ4v) is 6.61. The Morgan fingerprint density at radius 2 is 1.17 bits per heavy atom. The molecule has 8 rings (SSSR count). The molecule has 5 aromatic carbocycles. The molecule has 0 aliphatic carbocycles. The smallest absolute Gasteiger partial charge is 0.252 e. The summed E-state index contributed by atoms with van der Waals surface area (Å²) >= 11 is 0. The van der Waals surface area contributed by atoms with Gasteiger partial charge in [0.2, 0.25) is 0 Å². The molecule has 1 aromatic heterocycles. The Morgan fingerprint density at radius 3 is 2.11 bits per heavy atom. The first-order chi connectivity index (χ1) is 17.2. The van der Waals surface area contributed by atoms with Gasteiger partial charge in [-0.15, -0.1) is 0 Å². The van der Waals surface area contributed by atoms with Gasteiger partial charge in [-0.25, -0.2) is 0 Å². The van der Waals surface area contributed by atoms with Crippen LogP contribution in [0.4, 0.5) is 17.1 Å². The summed E-state index contributed by atoms with van der Waals surface area (Å²) in [5.74, 6) is 0. The molecule has 0 saturated carbocycles. The Labute approximate surface area is 205 Å². The van der Waals surface area contributed by atoms with E-state index in [2.05, 4.69) is 126 Å². The highest BCUT2D eigenvalue weighted by molar-refractivity contribution is 7.00. The summed E-state index contributed by atoms with van der Waals surface area (Å²) in [6.07, 6.45) is 0. The predicted octanol–water partition coefficient (Wildman–Crippen LogP) is 6.01. The van der Waals surface area contributed by atoms with E-state index in [0.29, 0.717) is 0 Å². The van der Waals surface area contributed by atoms with Crippen LogP contribution in [0.1, 0.15) is 11.3 Å². The van der Waals surface area contributed by atoms with E-state index in [1.54, 1.807) is 0 Å². The highest BCUT2D eigenvalue weighted by Crippen LogP contribution is 2.42. The van der Waals surface area contributed by atoms with E-state index in [1.165, 1.54) is 72.1 Å². The van der Waals surface area contributed by atoms with E-state index in [4.69, 9.17) is 0 Å². The molecular weight excluding hydrogens is 423 g/mol. The van der Waals surface area contributed by atoms with Crippen LogP contribution in [0.5, 0.6) is 0 Å². The van der Waals surface area contributed by atoms with Crippen LogP contribution in [0.15, 0.2) is 103 Å². The summed E-state index contributed by atoms with van der Waals surface area (Å²) in [5, 5.41) is 3.90. The van der Waals surface area contributed by atoms with Crippen LogP contribution in [-0.2, 0) is 0 Å². The van der Waals surface area contributed by atoms with Crippen LogP contribution in [-0.4, -0.2) is 11.3 Å². The molecule has 2 aliphatic rings. The minimum Gasteiger partial charge on any atom is -0.315 e. The first-order valence-corrected chi connectivity index (χ1v) is 12.3. The number of hydrogen-bond donors (Lipinski definition) is 0. The molecule has 0 saturated heterocycles. The molecule has 0 radical (unpaired) electrons. The zero-order chi connectivity index (χ0) is 23.3. The molecule has 3 heteroatoms. The lowest BCUT2D eigenvalue weighted by Gasteiger charge is -2.40. The number of anilines is 3. The maximum absolute atomic E-state index is 2.50. The lowest BCUT2D eigenvalue weighted by atomic mass is 9.34. The van der Waals surface area contributed by atoms with Crippen molar-refractivity contribution < 1.29 is 0 Å². The number of rotatable bonds is 1. The van der Waals surface area contributed by atoms with E-state index in [-0.39, 0.29) is 6.71 Å². The van der Waals surface area contributed by atoms with Crippen LogP contribution in [0.25, 0.3) is 27.4 Å². The molecular formula is C32H23BN2. The minimum absolute atomic E-state index is 0.216. The van der Waals surface area contributed by atoms with E-state index >= 15 is 0 Å². The largest absolute Gasteiger partial charge is 0.315 e. The highest BCUT2D eigenvalue weighted by Gasteiger charge is 2.41. The Balaban J connectivity index is 1.54. The van der Waals surface area contributed by atoms with E-state index in [1.807, 2.05) is 0 Å². The number of hydrogen-bond acceptors (Lipinski definition) is 1. The molecule has 0 spiro atoms. The maximum atomic E-state index is 2.50. The SMILES string of the molecule is Cc1c(C)n2c3c(cccc13)B1c3ccccc3N(c3cccc4ccccc34)c3cccc-2c31. The van der Waals surface area contributed by atoms with Gasteiger partial charge in [-0.1, -0.05) is 78.9 Å². The summed E-state index contributed by atoms with van der Waals surface area (Å²) in [4.78, 5) is 2.49. The van der Waals surface area contributed by atoms with Crippen molar-refractivity contribution in [3.05, 3.63) is 114 Å². The van der Waals surface area contributed by atoms with Crippen molar-refractivity contribution in [3.8, 4) is 5.69 Å². The van der Waals surface area contributed by atoms with Gasteiger partial charge in [0, 0.05) is 39.0 Å². The zero-order valence-electron chi connectivity index (χ0n) is 19.8. The third-order valence-corrected chi connectivity index (χ3v) is 8.21. The van der Waals surface area contributed by atoms with Crippen LogP contribution < -0.4 is 21.3 Å². The number of aromatic nitrogens is 1. The molecule has 0 amide bonds. The van der Waals surface area contributed by atoms with Gasteiger partial charge in [0.1, 0.15) is 0 Å². The van der Waals surface area contributed by atoms with Crippen LogP contribution in [0.2, 0.25) is 0 Å². The number of aryl methyl sites for hydroxylation is 1. The van der Waals surface area contributed by atoms with Crippen molar-refractivity contribution >= 4 is 61.8 Å². The molecule has 0 unspecified atom stereocenters. The number of benzene rings is 5. The molecule has 164 valence electrons. The standard InChI is InChI=1S/C32H23BN2/c1-20-21(2)34-29-18-9-19-30-31(29)33(26-15-8-13-23(20)32(26)34)25-14-5-6-16-28(25)35(30)27-17-7-11-22-10-3-4-12-24(22)27/h3-19H,1-2H3. The fraction of sp³-hybridized carbons (Fsp3) is 0.0625. The zero-order valence-corrected chi connectivity index (χ0v) is 19.8. The quantitative estimate of drug-likeness (QED) is 0.280.